The Morgan fingerprint density at radius 1 is 0.926 bits per heavy atom. The molecule has 3 nitrogen and oxygen atoms in total. The molecule has 0 radical (unpaired) electrons. The largest absolute Gasteiger partial charge is 0.319 e. The summed E-state index contributed by atoms with van der Waals surface area (Å²) in [6.07, 6.45) is 3.02. The maximum absolute atomic E-state index is 13.5. The van der Waals surface area contributed by atoms with Crippen molar-refractivity contribution in [3.8, 4) is 11.1 Å². The minimum atomic E-state index is -0.0535. The molecule has 0 amide bonds. The molecule has 4 heteroatoms. The Bertz CT molecular complexity index is 1130. The number of rotatable bonds is 5. The van der Waals surface area contributed by atoms with Crippen LogP contribution in [0, 0.1) is 0 Å². The van der Waals surface area contributed by atoms with Crippen molar-refractivity contribution in [3.05, 3.63) is 100 Å². The van der Waals surface area contributed by atoms with Gasteiger partial charge in [-0.05, 0) is 42.0 Å². The molecule has 0 saturated carbocycles. The van der Waals surface area contributed by atoms with E-state index in [1.807, 2.05) is 83.4 Å². The monoisotopic (exact) mass is 417 g/mol. The molecule has 132 valence electrons. The fraction of sp³-hybridized carbons (Fsp3) is 0.0435. The number of fused-ring (bicyclic) bond motifs is 1. The second-order valence-corrected chi connectivity index (χ2v) is 7.14. The summed E-state index contributed by atoms with van der Waals surface area (Å²) in [5, 5.41) is 0. The first-order valence-corrected chi connectivity index (χ1v) is 9.41. The van der Waals surface area contributed by atoms with Gasteiger partial charge in [-0.15, -0.1) is 0 Å². The molecule has 2 aromatic heterocycles. The van der Waals surface area contributed by atoms with Crippen molar-refractivity contribution in [2.75, 3.05) is 0 Å². The molecule has 0 aliphatic rings. The van der Waals surface area contributed by atoms with Crippen LogP contribution < -0.4 is 0 Å². The molecule has 0 aliphatic carbocycles. The van der Waals surface area contributed by atoms with Crippen LogP contribution >= 0.6 is 15.9 Å². The Labute approximate surface area is 165 Å². The summed E-state index contributed by atoms with van der Waals surface area (Å²) in [6.45, 7) is 0. The second-order valence-electron chi connectivity index (χ2n) is 6.23. The first kappa shape index (κ1) is 17.4. The van der Waals surface area contributed by atoms with Crippen LogP contribution in [0.15, 0.2) is 83.5 Å². The van der Waals surface area contributed by atoms with E-state index in [4.69, 9.17) is 0 Å². The van der Waals surface area contributed by atoms with Crippen LogP contribution in [0.5, 0.6) is 0 Å². The zero-order valence-corrected chi connectivity index (χ0v) is 16.0. The van der Waals surface area contributed by atoms with Gasteiger partial charge in [-0.25, -0.2) is 0 Å². The number of aromatic nitrogens is 1. The first-order valence-electron chi connectivity index (χ1n) is 8.62. The molecule has 0 fully saturated rings. The van der Waals surface area contributed by atoms with E-state index in [2.05, 4.69) is 15.9 Å². The Morgan fingerprint density at radius 3 is 2.33 bits per heavy atom. The van der Waals surface area contributed by atoms with Crippen LogP contribution in [0.1, 0.15) is 21.6 Å². The van der Waals surface area contributed by atoms with Gasteiger partial charge in [0.15, 0.2) is 5.78 Å². The lowest BCUT2D eigenvalue weighted by atomic mass is 9.94. The number of pyridine rings is 1. The molecule has 4 aromatic rings. The molecular formula is C23H16BrNO2. The Kier molecular flexibility index (Phi) is 4.73. The van der Waals surface area contributed by atoms with E-state index in [1.54, 1.807) is 0 Å². The van der Waals surface area contributed by atoms with Crippen LogP contribution in [-0.4, -0.2) is 16.5 Å². The summed E-state index contributed by atoms with van der Waals surface area (Å²) in [5.41, 5.74) is 4.62. The van der Waals surface area contributed by atoms with E-state index in [0.29, 0.717) is 11.1 Å². The summed E-state index contributed by atoms with van der Waals surface area (Å²) in [4.78, 5) is 24.9. The lowest BCUT2D eigenvalue weighted by Gasteiger charge is -2.07. The summed E-state index contributed by atoms with van der Waals surface area (Å²) < 4.78 is 2.87. The smallest absolute Gasteiger partial charge is 0.195 e. The molecule has 0 aliphatic heterocycles. The standard InChI is InChI=1S/C23H16BrNO2/c24-18-11-9-17(10-12-18)23(27)22-19-8-4-5-14-25(19)20(13-15-26)21(22)16-6-2-1-3-7-16/h1-12,14-15H,13H2. The fourth-order valence-corrected chi connectivity index (χ4v) is 3.71. The highest BCUT2D eigenvalue weighted by Gasteiger charge is 2.24. The van der Waals surface area contributed by atoms with E-state index in [1.165, 1.54) is 0 Å². The van der Waals surface area contributed by atoms with Gasteiger partial charge in [0.25, 0.3) is 0 Å². The van der Waals surface area contributed by atoms with Crippen LogP contribution in [0.3, 0.4) is 0 Å². The number of hydrogen-bond donors (Lipinski definition) is 0. The van der Waals surface area contributed by atoms with Crippen LogP contribution in [0.4, 0.5) is 0 Å². The molecule has 0 saturated heterocycles. The van der Waals surface area contributed by atoms with Crippen molar-refractivity contribution in [2.24, 2.45) is 0 Å². The van der Waals surface area contributed by atoms with Crippen molar-refractivity contribution in [2.45, 2.75) is 6.42 Å². The molecule has 0 atom stereocenters. The highest BCUT2D eigenvalue weighted by Crippen LogP contribution is 2.35. The average molecular weight is 418 g/mol. The summed E-state index contributed by atoms with van der Waals surface area (Å²) in [6, 6.07) is 22.9. The summed E-state index contributed by atoms with van der Waals surface area (Å²) >= 11 is 3.41. The SMILES string of the molecule is O=CCc1c(-c2ccccc2)c(C(=O)c2ccc(Br)cc2)c2ccccn12. The van der Waals surface area contributed by atoms with E-state index >= 15 is 0 Å². The molecule has 0 bridgehead atoms. The van der Waals surface area contributed by atoms with E-state index < -0.39 is 0 Å². The molecular weight excluding hydrogens is 402 g/mol. The molecule has 2 heterocycles. The number of benzene rings is 2. The van der Waals surface area contributed by atoms with Gasteiger partial charge in [0.1, 0.15) is 6.29 Å². The lowest BCUT2D eigenvalue weighted by molar-refractivity contribution is -0.107. The van der Waals surface area contributed by atoms with Crippen molar-refractivity contribution >= 4 is 33.5 Å². The zero-order chi connectivity index (χ0) is 18.8. The van der Waals surface area contributed by atoms with Gasteiger partial charge >= 0.3 is 0 Å². The Morgan fingerprint density at radius 2 is 1.63 bits per heavy atom. The quantitative estimate of drug-likeness (QED) is 0.324. The van der Waals surface area contributed by atoms with Gasteiger partial charge in [0.05, 0.1) is 11.1 Å². The highest BCUT2D eigenvalue weighted by molar-refractivity contribution is 9.10. The van der Waals surface area contributed by atoms with Gasteiger partial charge < -0.3 is 9.20 Å². The molecule has 0 N–H and O–H groups in total. The summed E-state index contributed by atoms with van der Waals surface area (Å²) in [5.74, 6) is -0.0535. The van der Waals surface area contributed by atoms with E-state index in [0.717, 1.165) is 33.1 Å². The van der Waals surface area contributed by atoms with Gasteiger partial charge in [-0.2, -0.15) is 0 Å². The maximum Gasteiger partial charge on any atom is 0.195 e. The second kappa shape index (κ2) is 7.33. The number of aldehydes is 1. The van der Waals surface area contributed by atoms with Crippen LogP contribution in [0.2, 0.25) is 0 Å². The predicted molar refractivity (Wildman–Crippen MR) is 110 cm³/mol. The minimum absolute atomic E-state index is 0.0535. The molecule has 4 rings (SSSR count). The highest BCUT2D eigenvalue weighted by atomic mass is 79.9. The average Bonchev–Trinajstić information content (AvgIpc) is 3.03. The van der Waals surface area contributed by atoms with Crippen LogP contribution in [-0.2, 0) is 11.2 Å². The van der Waals surface area contributed by atoms with Gasteiger partial charge in [0, 0.05) is 33.9 Å². The molecule has 27 heavy (non-hydrogen) atoms. The number of ketones is 1. The van der Waals surface area contributed by atoms with Crippen molar-refractivity contribution < 1.29 is 9.59 Å². The lowest BCUT2D eigenvalue weighted by Crippen LogP contribution is -2.03. The minimum Gasteiger partial charge on any atom is -0.319 e. The predicted octanol–water partition coefficient (Wildman–Crippen LogP) is 5.34. The third kappa shape index (κ3) is 3.13. The van der Waals surface area contributed by atoms with Gasteiger partial charge in [-0.3, -0.25) is 4.79 Å². The Hall–Kier alpha value is -2.98. The van der Waals surface area contributed by atoms with Crippen molar-refractivity contribution in [1.29, 1.82) is 0 Å². The van der Waals surface area contributed by atoms with Gasteiger partial charge in [0.2, 0.25) is 0 Å². The molecule has 2 aromatic carbocycles. The third-order valence-corrected chi connectivity index (χ3v) is 5.15. The van der Waals surface area contributed by atoms with E-state index in [-0.39, 0.29) is 12.2 Å². The number of carbonyl (C=O) groups is 2. The maximum atomic E-state index is 13.5. The number of halogens is 1. The molecule has 0 spiro atoms. The van der Waals surface area contributed by atoms with Gasteiger partial charge in [-0.1, -0.05) is 52.3 Å². The number of hydrogen-bond acceptors (Lipinski definition) is 2. The van der Waals surface area contributed by atoms with E-state index in [9.17, 15) is 9.59 Å². The number of nitrogens with zero attached hydrogens (tertiary/aromatic N) is 1. The first-order chi connectivity index (χ1) is 13.2. The summed E-state index contributed by atoms with van der Waals surface area (Å²) in [7, 11) is 0. The molecule has 0 unspecified atom stereocenters. The number of carbonyl (C=O) groups excluding carboxylic acids is 2. The van der Waals surface area contributed by atoms with Crippen molar-refractivity contribution in [3.63, 3.8) is 0 Å². The Balaban J connectivity index is 2.05. The zero-order valence-electron chi connectivity index (χ0n) is 14.4. The van der Waals surface area contributed by atoms with Crippen LogP contribution in [0.25, 0.3) is 16.6 Å². The fourth-order valence-electron chi connectivity index (χ4n) is 3.45. The topological polar surface area (TPSA) is 38.5 Å². The normalized spacial score (nSPS) is 10.9. The third-order valence-electron chi connectivity index (χ3n) is 4.62. The van der Waals surface area contributed by atoms with Crippen molar-refractivity contribution in [1.82, 2.24) is 4.40 Å².